The first-order valence-corrected chi connectivity index (χ1v) is 11.4. The van der Waals surface area contributed by atoms with Gasteiger partial charge in [-0.2, -0.15) is 4.31 Å². The van der Waals surface area contributed by atoms with Crippen LogP contribution in [0.15, 0.2) is 28.3 Å². The number of carbonyl (C=O) groups is 1. The van der Waals surface area contributed by atoms with Gasteiger partial charge in [-0.15, -0.1) is 0 Å². The van der Waals surface area contributed by atoms with Gasteiger partial charge in [-0.3, -0.25) is 4.79 Å². The van der Waals surface area contributed by atoms with E-state index in [1.807, 2.05) is 4.90 Å². The normalized spacial score (nSPS) is 19.8. The summed E-state index contributed by atoms with van der Waals surface area (Å²) >= 11 is 1.37. The molecule has 3 rings (SSSR count). The minimum absolute atomic E-state index is 0.136. The van der Waals surface area contributed by atoms with Crippen LogP contribution in [0.25, 0.3) is 0 Å². The van der Waals surface area contributed by atoms with Gasteiger partial charge in [0.05, 0.1) is 10.8 Å². The Balaban J connectivity index is 1.57. The minimum atomic E-state index is -3.44. The first kappa shape index (κ1) is 18.7. The average Bonchev–Trinajstić information content (AvgIpc) is 2.68. The molecular weight excluding hydrogens is 358 g/mol. The second-order valence-electron chi connectivity index (χ2n) is 6.53. The van der Waals surface area contributed by atoms with Crippen LogP contribution in [0.2, 0.25) is 0 Å². The number of sulfonamides is 1. The molecule has 2 aliphatic heterocycles. The molecule has 0 saturated carbocycles. The second-order valence-corrected chi connectivity index (χ2v) is 9.46. The molecule has 2 saturated heterocycles. The van der Waals surface area contributed by atoms with Gasteiger partial charge >= 0.3 is 0 Å². The molecule has 0 radical (unpaired) electrons. The zero-order valence-corrected chi connectivity index (χ0v) is 16.0. The van der Waals surface area contributed by atoms with Gasteiger partial charge in [0.25, 0.3) is 0 Å². The molecule has 2 aliphatic rings. The number of likely N-dealkylation sites (tertiary alicyclic amines) is 1. The third kappa shape index (κ3) is 4.74. The van der Waals surface area contributed by atoms with Crippen molar-refractivity contribution in [2.24, 2.45) is 0 Å². The van der Waals surface area contributed by atoms with E-state index >= 15 is 0 Å². The summed E-state index contributed by atoms with van der Waals surface area (Å²) in [5, 5.41) is 0.683. The Morgan fingerprint density at radius 3 is 2.24 bits per heavy atom. The maximum absolute atomic E-state index is 12.6. The fraction of sp³-hybridized carbons (Fsp3) is 0.647. The number of pyridine rings is 1. The highest BCUT2D eigenvalue weighted by atomic mass is 32.2. The predicted molar refractivity (Wildman–Crippen MR) is 98.0 cm³/mol. The van der Waals surface area contributed by atoms with Crippen LogP contribution in [0.4, 0.5) is 0 Å². The molecule has 1 aromatic heterocycles. The van der Waals surface area contributed by atoms with Crippen LogP contribution < -0.4 is 0 Å². The van der Waals surface area contributed by atoms with E-state index in [0.717, 1.165) is 45.2 Å². The fourth-order valence-corrected chi connectivity index (χ4v) is 5.44. The van der Waals surface area contributed by atoms with Gasteiger partial charge in [0.15, 0.2) is 0 Å². The first-order chi connectivity index (χ1) is 12.1. The highest BCUT2D eigenvalue weighted by molar-refractivity contribution is 7.99. The van der Waals surface area contributed by atoms with E-state index in [2.05, 4.69) is 4.98 Å². The topological polar surface area (TPSA) is 70.6 Å². The Kier molecular flexibility index (Phi) is 6.35. The molecule has 0 spiro atoms. The largest absolute Gasteiger partial charge is 0.342 e. The van der Waals surface area contributed by atoms with E-state index < -0.39 is 10.0 Å². The summed E-state index contributed by atoms with van der Waals surface area (Å²) in [6.07, 6.45) is 7.70. The molecule has 1 amide bonds. The first-order valence-electron chi connectivity index (χ1n) is 8.94. The number of amides is 1. The summed E-state index contributed by atoms with van der Waals surface area (Å²) in [7, 11) is -3.44. The van der Waals surface area contributed by atoms with Crippen LogP contribution >= 0.6 is 11.8 Å². The Labute approximate surface area is 154 Å². The van der Waals surface area contributed by atoms with E-state index in [-0.39, 0.29) is 10.8 Å². The highest BCUT2D eigenvalue weighted by Gasteiger charge is 2.26. The minimum Gasteiger partial charge on any atom is -0.342 e. The summed E-state index contributed by atoms with van der Waals surface area (Å²) in [5.41, 5.74) is 0. The van der Waals surface area contributed by atoms with Gasteiger partial charge in [-0.25, -0.2) is 13.4 Å². The molecule has 0 aromatic carbocycles. The third-order valence-electron chi connectivity index (χ3n) is 4.71. The standard InChI is InChI=1S/C17H25N3O3S2/c21-17(19-9-3-1-4-10-19)14-24-16-8-7-15(13-18-16)25(22,23)20-11-5-2-6-12-20/h7-8,13H,1-6,9-12,14H2. The lowest BCUT2D eigenvalue weighted by Gasteiger charge is -2.26. The molecule has 138 valence electrons. The zero-order valence-electron chi connectivity index (χ0n) is 14.4. The van der Waals surface area contributed by atoms with Crippen LogP contribution in [0.1, 0.15) is 38.5 Å². The van der Waals surface area contributed by atoms with Crippen LogP contribution in [0, 0.1) is 0 Å². The molecule has 2 fully saturated rings. The van der Waals surface area contributed by atoms with E-state index in [0.29, 0.717) is 23.9 Å². The maximum atomic E-state index is 12.6. The molecule has 0 N–H and O–H groups in total. The van der Waals surface area contributed by atoms with Crippen molar-refractivity contribution < 1.29 is 13.2 Å². The quantitative estimate of drug-likeness (QED) is 0.730. The molecule has 1 aromatic rings. The number of rotatable bonds is 5. The van der Waals surface area contributed by atoms with Crippen LogP contribution in [0.3, 0.4) is 0 Å². The second kappa shape index (κ2) is 8.51. The van der Waals surface area contributed by atoms with Crippen LogP contribution in [0.5, 0.6) is 0 Å². The molecule has 0 unspecified atom stereocenters. The SMILES string of the molecule is O=C(CSc1ccc(S(=O)(=O)N2CCCCC2)cn1)N1CCCCC1. The van der Waals surface area contributed by atoms with Crippen LogP contribution in [-0.4, -0.2) is 60.4 Å². The van der Waals surface area contributed by atoms with Crippen molar-refractivity contribution in [2.75, 3.05) is 31.9 Å². The van der Waals surface area contributed by atoms with Crippen molar-refractivity contribution in [3.8, 4) is 0 Å². The lowest BCUT2D eigenvalue weighted by atomic mass is 10.1. The smallest absolute Gasteiger partial charge is 0.244 e. The summed E-state index contributed by atoms with van der Waals surface area (Å²) < 4.78 is 26.7. The Bertz CT molecular complexity index is 680. The maximum Gasteiger partial charge on any atom is 0.244 e. The van der Waals surface area contributed by atoms with Gasteiger partial charge in [-0.1, -0.05) is 18.2 Å². The van der Waals surface area contributed by atoms with Crippen molar-refractivity contribution in [1.29, 1.82) is 0 Å². The Hall–Kier alpha value is -1.12. The Morgan fingerprint density at radius 2 is 1.64 bits per heavy atom. The van der Waals surface area contributed by atoms with Crippen molar-refractivity contribution in [1.82, 2.24) is 14.2 Å². The van der Waals surface area contributed by atoms with E-state index in [9.17, 15) is 13.2 Å². The molecule has 25 heavy (non-hydrogen) atoms. The fourth-order valence-electron chi connectivity index (χ4n) is 3.23. The number of nitrogens with zero attached hydrogens (tertiary/aromatic N) is 3. The number of thioether (sulfide) groups is 1. The summed E-state index contributed by atoms with van der Waals surface area (Å²) in [4.78, 5) is 18.6. The summed E-state index contributed by atoms with van der Waals surface area (Å²) in [6, 6.07) is 3.30. The molecule has 0 aliphatic carbocycles. The number of aromatic nitrogens is 1. The van der Waals surface area contributed by atoms with Gasteiger partial charge in [0.1, 0.15) is 4.90 Å². The lowest BCUT2D eigenvalue weighted by Crippen LogP contribution is -2.36. The van der Waals surface area contributed by atoms with E-state index in [4.69, 9.17) is 0 Å². The van der Waals surface area contributed by atoms with Crippen molar-refractivity contribution in [2.45, 2.75) is 48.4 Å². The number of hydrogen-bond acceptors (Lipinski definition) is 5. The summed E-state index contributed by atoms with van der Waals surface area (Å²) in [6.45, 7) is 2.87. The van der Waals surface area contributed by atoms with Gasteiger partial charge in [-0.05, 0) is 44.2 Å². The van der Waals surface area contributed by atoms with Crippen molar-refractivity contribution in [3.63, 3.8) is 0 Å². The molecule has 3 heterocycles. The highest BCUT2D eigenvalue weighted by Crippen LogP contribution is 2.23. The van der Waals surface area contributed by atoms with Gasteiger partial charge in [0.2, 0.25) is 15.9 Å². The van der Waals surface area contributed by atoms with Crippen molar-refractivity contribution in [3.05, 3.63) is 18.3 Å². The van der Waals surface area contributed by atoms with Crippen molar-refractivity contribution >= 4 is 27.7 Å². The van der Waals surface area contributed by atoms with Gasteiger partial charge < -0.3 is 4.90 Å². The zero-order chi connectivity index (χ0) is 17.7. The Morgan fingerprint density at radius 1 is 1.00 bits per heavy atom. The third-order valence-corrected chi connectivity index (χ3v) is 7.53. The predicted octanol–water partition coefficient (Wildman–Crippen LogP) is 2.36. The monoisotopic (exact) mass is 383 g/mol. The molecular formula is C17H25N3O3S2. The number of carbonyl (C=O) groups excluding carboxylic acids is 1. The van der Waals surface area contributed by atoms with Gasteiger partial charge in [0, 0.05) is 32.4 Å². The number of piperidine rings is 2. The average molecular weight is 384 g/mol. The van der Waals surface area contributed by atoms with E-state index in [1.165, 1.54) is 24.4 Å². The lowest BCUT2D eigenvalue weighted by molar-refractivity contribution is -0.129. The molecule has 0 bridgehead atoms. The molecule has 8 heteroatoms. The molecule has 6 nitrogen and oxygen atoms in total. The van der Waals surface area contributed by atoms with E-state index in [1.54, 1.807) is 16.4 Å². The van der Waals surface area contributed by atoms with Crippen LogP contribution in [-0.2, 0) is 14.8 Å². The summed E-state index contributed by atoms with van der Waals surface area (Å²) in [5.74, 6) is 0.488. The molecule has 0 atom stereocenters. The number of hydrogen-bond donors (Lipinski definition) is 0.